The number of benzene rings is 1. The molecule has 0 radical (unpaired) electrons. The van der Waals surface area contributed by atoms with Gasteiger partial charge in [0, 0.05) is 10.2 Å². The molecule has 2 rings (SSSR count). The molecule has 0 aromatic heterocycles. The van der Waals surface area contributed by atoms with E-state index in [9.17, 15) is 9.59 Å². The highest BCUT2D eigenvalue weighted by molar-refractivity contribution is 9.10. The predicted molar refractivity (Wildman–Crippen MR) is 86.5 cm³/mol. The van der Waals surface area contributed by atoms with Crippen LogP contribution in [0.3, 0.4) is 0 Å². The van der Waals surface area contributed by atoms with E-state index < -0.39 is 18.0 Å². The second-order valence-electron chi connectivity index (χ2n) is 4.67. The van der Waals surface area contributed by atoms with Gasteiger partial charge in [0.15, 0.2) is 6.04 Å². The zero-order chi connectivity index (χ0) is 16.3. The maximum Gasteiger partial charge on any atom is 0.338 e. The zero-order valence-corrected chi connectivity index (χ0v) is 14.1. The Morgan fingerprint density at radius 2 is 2.05 bits per heavy atom. The minimum Gasteiger partial charge on any atom is -0.466 e. The third kappa shape index (κ3) is 3.24. The van der Waals surface area contributed by atoms with Crippen LogP contribution in [-0.2, 0) is 19.1 Å². The molecule has 22 heavy (non-hydrogen) atoms. The molecule has 6 nitrogen and oxygen atoms in total. The highest BCUT2D eigenvalue weighted by Gasteiger charge is 2.34. The van der Waals surface area contributed by atoms with E-state index in [1.54, 1.807) is 13.8 Å². The summed E-state index contributed by atoms with van der Waals surface area (Å²) >= 11 is 3.39. The summed E-state index contributed by atoms with van der Waals surface area (Å²) in [7, 11) is 1.28. The maximum atomic E-state index is 12.3. The predicted octanol–water partition coefficient (Wildman–Crippen LogP) is 2.67. The first kappa shape index (κ1) is 16.4. The van der Waals surface area contributed by atoms with Crippen molar-refractivity contribution in [3.8, 4) is 0 Å². The Morgan fingerprint density at radius 1 is 1.32 bits per heavy atom. The molecule has 1 aromatic carbocycles. The Bertz CT molecular complexity index is 642. The second kappa shape index (κ2) is 6.83. The number of allylic oxidation sites excluding steroid dienone is 1. The van der Waals surface area contributed by atoms with Gasteiger partial charge in [0.05, 0.1) is 30.7 Å². The molecular formula is C15H17BrN2O4. The van der Waals surface area contributed by atoms with Crippen molar-refractivity contribution in [3.05, 3.63) is 33.9 Å². The van der Waals surface area contributed by atoms with E-state index in [0.717, 1.165) is 10.2 Å². The molecule has 1 unspecified atom stereocenters. The van der Waals surface area contributed by atoms with E-state index in [4.69, 9.17) is 9.47 Å². The van der Waals surface area contributed by atoms with Crippen molar-refractivity contribution in [2.75, 3.05) is 24.4 Å². The number of ether oxygens (including phenoxy) is 2. The van der Waals surface area contributed by atoms with Gasteiger partial charge < -0.3 is 20.1 Å². The first-order valence-corrected chi connectivity index (χ1v) is 7.56. The Morgan fingerprint density at radius 3 is 2.68 bits per heavy atom. The van der Waals surface area contributed by atoms with Crippen LogP contribution in [0.4, 0.5) is 11.4 Å². The maximum absolute atomic E-state index is 12.3. The number of fused-ring (bicyclic) bond motifs is 1. The highest BCUT2D eigenvalue weighted by atomic mass is 79.9. The molecule has 0 aliphatic carbocycles. The molecule has 0 amide bonds. The van der Waals surface area contributed by atoms with E-state index >= 15 is 0 Å². The van der Waals surface area contributed by atoms with Crippen LogP contribution in [0, 0.1) is 0 Å². The van der Waals surface area contributed by atoms with Crippen LogP contribution in [0.2, 0.25) is 0 Å². The fourth-order valence-corrected chi connectivity index (χ4v) is 2.60. The van der Waals surface area contributed by atoms with Gasteiger partial charge in [-0.2, -0.15) is 0 Å². The van der Waals surface area contributed by atoms with Gasteiger partial charge in [0.1, 0.15) is 0 Å². The van der Waals surface area contributed by atoms with Crippen LogP contribution in [0.15, 0.2) is 33.9 Å². The lowest BCUT2D eigenvalue weighted by Gasteiger charge is -2.19. The molecular weight excluding hydrogens is 352 g/mol. The van der Waals surface area contributed by atoms with Crippen LogP contribution in [-0.4, -0.2) is 31.7 Å². The SMILES string of the molecule is CCOC(=O)C1Nc2cc(Br)ccc2NC(C)=C1C(=O)OC. The summed E-state index contributed by atoms with van der Waals surface area (Å²) in [5, 5.41) is 6.18. The van der Waals surface area contributed by atoms with Crippen molar-refractivity contribution in [2.45, 2.75) is 19.9 Å². The smallest absolute Gasteiger partial charge is 0.338 e. The van der Waals surface area contributed by atoms with Crippen LogP contribution in [0.1, 0.15) is 13.8 Å². The van der Waals surface area contributed by atoms with Gasteiger partial charge in [0.25, 0.3) is 0 Å². The number of methoxy groups -OCH3 is 1. The van der Waals surface area contributed by atoms with Crippen molar-refractivity contribution in [1.82, 2.24) is 0 Å². The average molecular weight is 369 g/mol. The lowest BCUT2D eigenvalue weighted by atomic mass is 10.1. The average Bonchev–Trinajstić information content (AvgIpc) is 2.62. The van der Waals surface area contributed by atoms with E-state index in [0.29, 0.717) is 11.4 Å². The molecule has 0 saturated heterocycles. The number of hydrogen-bond acceptors (Lipinski definition) is 6. The molecule has 1 aliphatic heterocycles. The number of nitrogens with one attached hydrogen (secondary N) is 2. The van der Waals surface area contributed by atoms with Gasteiger partial charge in [-0.05, 0) is 32.0 Å². The Labute approximate surface area is 137 Å². The lowest BCUT2D eigenvalue weighted by molar-refractivity contribution is -0.145. The van der Waals surface area contributed by atoms with E-state index in [2.05, 4.69) is 26.6 Å². The quantitative estimate of drug-likeness (QED) is 0.798. The van der Waals surface area contributed by atoms with Gasteiger partial charge in [-0.25, -0.2) is 9.59 Å². The molecule has 0 saturated carbocycles. The molecule has 0 spiro atoms. The summed E-state index contributed by atoms with van der Waals surface area (Å²) in [5.74, 6) is -1.11. The molecule has 1 aromatic rings. The number of carbonyl (C=O) groups excluding carboxylic acids is 2. The van der Waals surface area contributed by atoms with E-state index in [1.807, 2.05) is 18.2 Å². The largest absolute Gasteiger partial charge is 0.466 e. The molecule has 118 valence electrons. The third-order valence-electron chi connectivity index (χ3n) is 3.22. The Hall–Kier alpha value is -2.02. The standard InChI is InChI=1S/C15H17BrN2O4/c1-4-22-15(20)13-12(14(19)21-3)8(2)17-10-6-5-9(16)7-11(10)18-13/h5-7,13,17-18H,4H2,1-3H3. The molecule has 1 atom stereocenters. The van der Waals surface area contributed by atoms with Crippen molar-refractivity contribution >= 4 is 39.2 Å². The number of anilines is 2. The summed E-state index contributed by atoms with van der Waals surface area (Å²) in [4.78, 5) is 24.3. The topological polar surface area (TPSA) is 76.7 Å². The summed E-state index contributed by atoms with van der Waals surface area (Å²) in [6.07, 6.45) is 0. The van der Waals surface area contributed by atoms with Gasteiger partial charge in [-0.3, -0.25) is 0 Å². The van der Waals surface area contributed by atoms with Gasteiger partial charge in [0.2, 0.25) is 0 Å². The fourth-order valence-electron chi connectivity index (χ4n) is 2.24. The van der Waals surface area contributed by atoms with Gasteiger partial charge in [-0.15, -0.1) is 0 Å². The number of hydrogen-bond donors (Lipinski definition) is 2. The van der Waals surface area contributed by atoms with Crippen molar-refractivity contribution in [1.29, 1.82) is 0 Å². The molecule has 1 aliphatic rings. The summed E-state index contributed by atoms with van der Waals surface area (Å²) in [5.41, 5.74) is 2.19. The number of carbonyl (C=O) groups is 2. The molecule has 2 N–H and O–H groups in total. The van der Waals surface area contributed by atoms with Crippen molar-refractivity contribution in [3.63, 3.8) is 0 Å². The van der Waals surface area contributed by atoms with Crippen molar-refractivity contribution < 1.29 is 19.1 Å². The molecule has 0 fully saturated rings. The van der Waals surface area contributed by atoms with Gasteiger partial charge in [-0.1, -0.05) is 15.9 Å². The summed E-state index contributed by atoms with van der Waals surface area (Å²) in [6, 6.07) is 4.60. The normalized spacial score (nSPS) is 16.8. The van der Waals surface area contributed by atoms with Crippen LogP contribution in [0.25, 0.3) is 0 Å². The van der Waals surface area contributed by atoms with Crippen LogP contribution >= 0.6 is 15.9 Å². The summed E-state index contributed by atoms with van der Waals surface area (Å²) in [6.45, 7) is 3.66. The van der Waals surface area contributed by atoms with Crippen molar-refractivity contribution in [2.24, 2.45) is 0 Å². The molecule has 0 bridgehead atoms. The minimum absolute atomic E-state index is 0.202. The van der Waals surface area contributed by atoms with Crippen LogP contribution in [0.5, 0.6) is 0 Å². The molecule has 1 heterocycles. The number of rotatable bonds is 3. The Balaban J connectivity index is 2.51. The second-order valence-corrected chi connectivity index (χ2v) is 5.59. The van der Waals surface area contributed by atoms with E-state index in [-0.39, 0.29) is 12.2 Å². The number of esters is 2. The minimum atomic E-state index is -0.935. The lowest BCUT2D eigenvalue weighted by Crippen LogP contribution is -2.37. The monoisotopic (exact) mass is 368 g/mol. The zero-order valence-electron chi connectivity index (χ0n) is 12.5. The fraction of sp³-hybridized carbons (Fsp3) is 0.333. The first-order chi connectivity index (χ1) is 10.5. The molecule has 7 heteroatoms. The van der Waals surface area contributed by atoms with E-state index in [1.165, 1.54) is 7.11 Å². The third-order valence-corrected chi connectivity index (χ3v) is 3.72. The van der Waals surface area contributed by atoms with Crippen LogP contribution < -0.4 is 10.6 Å². The number of halogens is 1. The highest BCUT2D eigenvalue weighted by Crippen LogP contribution is 2.32. The first-order valence-electron chi connectivity index (χ1n) is 6.76. The summed E-state index contributed by atoms with van der Waals surface area (Å²) < 4.78 is 10.7. The Kier molecular flexibility index (Phi) is 5.07. The van der Waals surface area contributed by atoms with Gasteiger partial charge >= 0.3 is 11.9 Å².